The van der Waals surface area contributed by atoms with E-state index in [1.807, 2.05) is 4.90 Å². The number of halogens is 3. The molecule has 1 aromatic heterocycles. The monoisotopic (exact) mass is 464 g/mol. The number of imidazole rings is 1. The quantitative estimate of drug-likeness (QED) is 0.581. The summed E-state index contributed by atoms with van der Waals surface area (Å²) in [6, 6.07) is 11.2. The molecule has 0 bridgehead atoms. The summed E-state index contributed by atoms with van der Waals surface area (Å²) in [6.45, 7) is 1.12. The van der Waals surface area contributed by atoms with Gasteiger partial charge in [-0.05, 0) is 24.3 Å². The smallest absolute Gasteiger partial charge is 0.338 e. The molecule has 3 aromatic rings. The molecule has 1 amide bonds. The molecular weight excluding hydrogens is 445 g/mol. The lowest BCUT2D eigenvalue weighted by atomic mass is 10.2. The van der Waals surface area contributed by atoms with Gasteiger partial charge < -0.3 is 9.80 Å². The first-order chi connectivity index (χ1) is 15.3. The predicted octanol–water partition coefficient (Wildman–Crippen LogP) is 2.97. The van der Waals surface area contributed by atoms with Gasteiger partial charge in [-0.2, -0.15) is 8.78 Å². The van der Waals surface area contributed by atoms with Crippen molar-refractivity contribution in [2.45, 2.75) is 10.7 Å². The number of anilines is 1. The van der Waals surface area contributed by atoms with E-state index in [-0.39, 0.29) is 18.7 Å². The zero-order valence-corrected chi connectivity index (χ0v) is 17.6. The lowest BCUT2D eigenvalue weighted by Crippen LogP contribution is -2.49. The molecule has 1 aliphatic rings. The van der Waals surface area contributed by atoms with E-state index in [1.54, 1.807) is 35.2 Å². The molecule has 2 heterocycles. The maximum absolute atomic E-state index is 14.2. The number of sulfone groups is 1. The molecule has 1 aliphatic heterocycles. The van der Waals surface area contributed by atoms with E-state index < -0.39 is 32.2 Å². The first kappa shape index (κ1) is 21.9. The predicted molar refractivity (Wildman–Crippen MR) is 111 cm³/mol. The van der Waals surface area contributed by atoms with Crippen LogP contribution >= 0.6 is 0 Å². The van der Waals surface area contributed by atoms with Gasteiger partial charge in [0.1, 0.15) is 5.82 Å². The second-order valence-corrected chi connectivity index (χ2v) is 9.02. The number of amides is 1. The standard InChI is InChI=1S/C21H19F3N4O3S/c22-16-6-2-3-7-17(16)28-10-9-25-21(28)27-13-11-26(12-14-27)19(29)15-5-1-4-8-18(15)32(30,31)20(23)24/h1-10,20H,11-14H2. The Kier molecular flexibility index (Phi) is 5.92. The number of carbonyl (C=O) groups is 1. The normalized spacial score (nSPS) is 14.8. The van der Waals surface area contributed by atoms with Crippen LogP contribution in [0.25, 0.3) is 5.69 Å². The molecule has 1 saturated heterocycles. The van der Waals surface area contributed by atoms with Crippen LogP contribution in [0.4, 0.5) is 19.1 Å². The van der Waals surface area contributed by atoms with E-state index in [2.05, 4.69) is 4.98 Å². The fraction of sp³-hybridized carbons (Fsp3) is 0.238. The Bertz CT molecular complexity index is 1240. The fourth-order valence-electron chi connectivity index (χ4n) is 3.63. The minimum absolute atomic E-state index is 0.214. The Morgan fingerprint density at radius 3 is 2.31 bits per heavy atom. The van der Waals surface area contributed by atoms with E-state index in [0.29, 0.717) is 24.7 Å². The third kappa shape index (κ3) is 3.95. The second kappa shape index (κ2) is 8.65. The van der Waals surface area contributed by atoms with Gasteiger partial charge in [0, 0.05) is 38.6 Å². The first-order valence-corrected chi connectivity index (χ1v) is 11.3. The highest BCUT2D eigenvalue weighted by Crippen LogP contribution is 2.25. The molecule has 32 heavy (non-hydrogen) atoms. The summed E-state index contributed by atoms with van der Waals surface area (Å²) >= 11 is 0. The number of benzene rings is 2. The molecule has 168 valence electrons. The summed E-state index contributed by atoms with van der Waals surface area (Å²) in [7, 11) is -4.92. The molecule has 0 saturated carbocycles. The zero-order valence-electron chi connectivity index (χ0n) is 16.7. The Labute approximate surface area is 182 Å². The average Bonchev–Trinajstić information content (AvgIpc) is 3.28. The van der Waals surface area contributed by atoms with Gasteiger partial charge >= 0.3 is 5.76 Å². The van der Waals surface area contributed by atoms with Crippen molar-refractivity contribution in [3.05, 3.63) is 72.3 Å². The highest BCUT2D eigenvalue weighted by atomic mass is 32.2. The summed E-state index contributed by atoms with van der Waals surface area (Å²) in [5.41, 5.74) is 0.0544. The van der Waals surface area contributed by atoms with Gasteiger partial charge in [0.25, 0.3) is 5.91 Å². The van der Waals surface area contributed by atoms with E-state index in [1.165, 1.54) is 29.2 Å². The summed E-state index contributed by atoms with van der Waals surface area (Å²) in [5.74, 6) is -4.16. The molecule has 11 heteroatoms. The fourth-order valence-corrected chi connectivity index (χ4v) is 4.55. The summed E-state index contributed by atoms with van der Waals surface area (Å²) in [6.07, 6.45) is 3.18. The number of alkyl halides is 2. The van der Waals surface area contributed by atoms with Crippen molar-refractivity contribution in [1.82, 2.24) is 14.5 Å². The van der Waals surface area contributed by atoms with Crippen molar-refractivity contribution >= 4 is 21.7 Å². The summed E-state index contributed by atoms with van der Waals surface area (Å²) < 4.78 is 65.9. The number of rotatable bonds is 5. The molecule has 7 nitrogen and oxygen atoms in total. The lowest BCUT2D eigenvalue weighted by molar-refractivity contribution is 0.0742. The Morgan fingerprint density at radius 1 is 0.969 bits per heavy atom. The molecule has 0 radical (unpaired) electrons. The van der Waals surface area contributed by atoms with Gasteiger partial charge in [0.05, 0.1) is 16.1 Å². The van der Waals surface area contributed by atoms with Gasteiger partial charge in [0.2, 0.25) is 15.8 Å². The molecular formula is C21H19F3N4O3S. The maximum atomic E-state index is 14.2. The van der Waals surface area contributed by atoms with Crippen molar-refractivity contribution in [1.29, 1.82) is 0 Å². The Hall–Kier alpha value is -3.34. The van der Waals surface area contributed by atoms with Gasteiger partial charge in [-0.15, -0.1) is 0 Å². The Balaban J connectivity index is 1.53. The van der Waals surface area contributed by atoms with Crippen LogP contribution in [0.15, 0.2) is 65.8 Å². The van der Waals surface area contributed by atoms with Gasteiger partial charge in [-0.25, -0.2) is 17.8 Å². The van der Waals surface area contributed by atoms with Crippen LogP contribution in [0.5, 0.6) is 0 Å². The van der Waals surface area contributed by atoms with E-state index >= 15 is 0 Å². The Morgan fingerprint density at radius 2 is 1.62 bits per heavy atom. The zero-order chi connectivity index (χ0) is 22.9. The van der Waals surface area contributed by atoms with Gasteiger partial charge in [0.15, 0.2) is 0 Å². The highest BCUT2D eigenvalue weighted by molar-refractivity contribution is 7.91. The second-order valence-electron chi connectivity index (χ2n) is 7.13. The van der Waals surface area contributed by atoms with Crippen LogP contribution in [0.2, 0.25) is 0 Å². The first-order valence-electron chi connectivity index (χ1n) is 9.74. The molecule has 0 N–H and O–H groups in total. The van der Waals surface area contributed by atoms with Crippen molar-refractivity contribution in [2.24, 2.45) is 0 Å². The molecule has 0 aliphatic carbocycles. The largest absolute Gasteiger partial charge is 0.341 e. The van der Waals surface area contributed by atoms with Crippen LogP contribution in [0.3, 0.4) is 0 Å². The molecule has 2 aromatic carbocycles. The number of para-hydroxylation sites is 1. The molecule has 0 spiro atoms. The van der Waals surface area contributed by atoms with Crippen LogP contribution < -0.4 is 4.90 Å². The molecule has 0 unspecified atom stereocenters. The number of nitrogens with zero attached hydrogens (tertiary/aromatic N) is 4. The molecule has 1 fully saturated rings. The van der Waals surface area contributed by atoms with E-state index in [9.17, 15) is 26.4 Å². The van der Waals surface area contributed by atoms with Crippen LogP contribution in [-0.4, -0.2) is 60.7 Å². The number of aromatic nitrogens is 2. The maximum Gasteiger partial charge on any atom is 0.341 e. The average molecular weight is 464 g/mol. The van der Waals surface area contributed by atoms with E-state index in [0.717, 1.165) is 6.07 Å². The third-order valence-corrected chi connectivity index (χ3v) is 6.68. The highest BCUT2D eigenvalue weighted by Gasteiger charge is 2.33. The minimum Gasteiger partial charge on any atom is -0.338 e. The lowest BCUT2D eigenvalue weighted by Gasteiger charge is -2.35. The summed E-state index contributed by atoms with van der Waals surface area (Å²) in [5, 5.41) is 0. The van der Waals surface area contributed by atoms with Gasteiger partial charge in [-0.1, -0.05) is 24.3 Å². The van der Waals surface area contributed by atoms with Crippen LogP contribution in [0, 0.1) is 5.82 Å². The molecule has 0 atom stereocenters. The van der Waals surface area contributed by atoms with Crippen LogP contribution in [0.1, 0.15) is 10.4 Å². The number of hydrogen-bond acceptors (Lipinski definition) is 5. The van der Waals surface area contributed by atoms with Crippen LogP contribution in [-0.2, 0) is 9.84 Å². The van der Waals surface area contributed by atoms with E-state index in [4.69, 9.17) is 0 Å². The SMILES string of the molecule is O=C(c1ccccc1S(=O)(=O)C(F)F)N1CCN(c2nccn2-c2ccccc2F)CC1. The topological polar surface area (TPSA) is 75.5 Å². The third-order valence-electron chi connectivity index (χ3n) is 5.24. The minimum atomic E-state index is -4.92. The summed E-state index contributed by atoms with van der Waals surface area (Å²) in [4.78, 5) is 19.9. The molecule has 4 rings (SSSR count). The van der Waals surface area contributed by atoms with Crippen molar-refractivity contribution in [3.8, 4) is 5.69 Å². The van der Waals surface area contributed by atoms with Crippen molar-refractivity contribution < 1.29 is 26.4 Å². The number of carbonyl (C=O) groups excluding carboxylic acids is 1. The number of hydrogen-bond donors (Lipinski definition) is 0. The number of piperazine rings is 1. The van der Waals surface area contributed by atoms with Gasteiger partial charge in [-0.3, -0.25) is 9.36 Å². The van der Waals surface area contributed by atoms with Crippen molar-refractivity contribution in [3.63, 3.8) is 0 Å². The van der Waals surface area contributed by atoms with Crippen molar-refractivity contribution in [2.75, 3.05) is 31.1 Å².